The number of nitrogens with zero attached hydrogens (tertiary/aromatic N) is 1. The van der Waals surface area contributed by atoms with Gasteiger partial charge < -0.3 is 10.0 Å². The molecule has 0 amide bonds. The van der Waals surface area contributed by atoms with Crippen molar-refractivity contribution in [2.24, 2.45) is 5.92 Å². The van der Waals surface area contributed by atoms with E-state index in [2.05, 4.69) is 54.6 Å². The minimum atomic E-state index is -0.423. The summed E-state index contributed by atoms with van der Waals surface area (Å²) in [7, 11) is 0. The van der Waals surface area contributed by atoms with Gasteiger partial charge in [-0.1, -0.05) is 19.9 Å². The predicted molar refractivity (Wildman–Crippen MR) is 82.1 cm³/mol. The maximum Gasteiger partial charge on any atom is 0.0762 e. The average Bonchev–Trinajstić information content (AvgIpc) is 2.25. The first-order valence-electron chi connectivity index (χ1n) is 6.57. The molecule has 0 bridgehead atoms. The highest BCUT2D eigenvalue weighted by Crippen LogP contribution is 2.31. The Labute approximate surface area is 119 Å². The van der Waals surface area contributed by atoms with Crippen LogP contribution in [-0.4, -0.2) is 17.7 Å². The SMILES string of the molecule is CC(C)CN(c1ccc([C@H](C)O)cc1Br)C(C)C. The Hall–Kier alpha value is -0.540. The largest absolute Gasteiger partial charge is 0.389 e. The summed E-state index contributed by atoms with van der Waals surface area (Å²) in [6.45, 7) is 11.7. The highest BCUT2D eigenvalue weighted by molar-refractivity contribution is 9.10. The van der Waals surface area contributed by atoms with Gasteiger partial charge >= 0.3 is 0 Å². The lowest BCUT2D eigenvalue weighted by Crippen LogP contribution is -2.34. The molecule has 1 aromatic rings. The fraction of sp³-hybridized carbons (Fsp3) is 0.600. The van der Waals surface area contributed by atoms with Gasteiger partial charge in [-0.05, 0) is 60.3 Å². The standard InChI is InChI=1S/C15H24BrNO/c1-10(2)9-17(11(3)4)15-7-6-13(12(5)18)8-14(15)16/h6-8,10-12,18H,9H2,1-5H3/t12-/m0/s1. The molecule has 0 spiro atoms. The summed E-state index contributed by atoms with van der Waals surface area (Å²) in [5.41, 5.74) is 2.14. The Morgan fingerprint density at radius 1 is 1.17 bits per heavy atom. The lowest BCUT2D eigenvalue weighted by atomic mass is 10.1. The summed E-state index contributed by atoms with van der Waals surface area (Å²) >= 11 is 3.62. The van der Waals surface area contributed by atoms with Crippen molar-refractivity contribution in [3.8, 4) is 0 Å². The van der Waals surface area contributed by atoms with Crippen LogP contribution in [0.5, 0.6) is 0 Å². The molecule has 1 aromatic carbocycles. The van der Waals surface area contributed by atoms with E-state index in [4.69, 9.17) is 0 Å². The van der Waals surface area contributed by atoms with Crippen LogP contribution in [0.4, 0.5) is 5.69 Å². The molecule has 0 aliphatic rings. The van der Waals surface area contributed by atoms with Gasteiger partial charge in [-0.2, -0.15) is 0 Å². The number of aliphatic hydroxyl groups excluding tert-OH is 1. The molecular weight excluding hydrogens is 290 g/mol. The van der Waals surface area contributed by atoms with E-state index in [0.717, 1.165) is 16.6 Å². The summed E-state index contributed by atoms with van der Waals surface area (Å²) in [6.07, 6.45) is -0.423. The number of halogens is 1. The normalized spacial score (nSPS) is 13.2. The van der Waals surface area contributed by atoms with Crippen molar-refractivity contribution in [2.75, 3.05) is 11.4 Å². The van der Waals surface area contributed by atoms with Crippen LogP contribution in [0, 0.1) is 5.92 Å². The molecule has 0 aliphatic carbocycles. The molecule has 0 aliphatic heterocycles. The predicted octanol–water partition coefficient (Wildman–Crippen LogP) is 4.37. The first kappa shape index (κ1) is 15.5. The highest BCUT2D eigenvalue weighted by Gasteiger charge is 2.15. The zero-order valence-corrected chi connectivity index (χ0v) is 13.5. The van der Waals surface area contributed by atoms with Crippen molar-refractivity contribution < 1.29 is 5.11 Å². The summed E-state index contributed by atoms with van der Waals surface area (Å²) in [6, 6.07) is 6.56. The number of anilines is 1. The fourth-order valence-electron chi connectivity index (χ4n) is 2.00. The van der Waals surface area contributed by atoms with Gasteiger partial charge in [0.15, 0.2) is 0 Å². The highest BCUT2D eigenvalue weighted by atomic mass is 79.9. The van der Waals surface area contributed by atoms with Gasteiger partial charge in [0.25, 0.3) is 0 Å². The van der Waals surface area contributed by atoms with Crippen molar-refractivity contribution in [1.82, 2.24) is 0 Å². The van der Waals surface area contributed by atoms with Gasteiger partial charge in [0.1, 0.15) is 0 Å². The molecular formula is C15H24BrNO. The number of hydrogen-bond acceptors (Lipinski definition) is 2. The summed E-state index contributed by atoms with van der Waals surface area (Å²) in [5.74, 6) is 0.621. The van der Waals surface area contributed by atoms with Crippen molar-refractivity contribution in [1.29, 1.82) is 0 Å². The van der Waals surface area contributed by atoms with Crippen LogP contribution >= 0.6 is 15.9 Å². The minimum Gasteiger partial charge on any atom is -0.389 e. The third-order valence-electron chi connectivity index (χ3n) is 2.95. The van der Waals surface area contributed by atoms with Crippen LogP contribution in [0.2, 0.25) is 0 Å². The van der Waals surface area contributed by atoms with E-state index in [1.807, 2.05) is 12.1 Å². The number of hydrogen-bond donors (Lipinski definition) is 1. The van der Waals surface area contributed by atoms with Crippen molar-refractivity contribution in [2.45, 2.75) is 46.8 Å². The van der Waals surface area contributed by atoms with Crippen LogP contribution in [0.3, 0.4) is 0 Å². The third-order valence-corrected chi connectivity index (χ3v) is 3.58. The molecule has 2 nitrogen and oxygen atoms in total. The fourth-order valence-corrected chi connectivity index (χ4v) is 2.62. The minimum absolute atomic E-state index is 0.423. The van der Waals surface area contributed by atoms with Gasteiger partial charge in [0.05, 0.1) is 11.8 Å². The molecule has 1 atom stereocenters. The smallest absolute Gasteiger partial charge is 0.0762 e. The summed E-state index contributed by atoms with van der Waals surface area (Å²) < 4.78 is 1.05. The molecule has 0 unspecified atom stereocenters. The van der Waals surface area contributed by atoms with Crippen molar-refractivity contribution in [3.63, 3.8) is 0 Å². The maximum absolute atomic E-state index is 9.60. The molecule has 1 N–H and O–H groups in total. The number of rotatable bonds is 5. The van der Waals surface area contributed by atoms with E-state index >= 15 is 0 Å². The molecule has 0 heterocycles. The van der Waals surface area contributed by atoms with E-state index in [1.165, 1.54) is 5.69 Å². The Balaban J connectivity index is 3.05. The maximum atomic E-state index is 9.60. The van der Waals surface area contributed by atoms with Gasteiger partial charge in [0.2, 0.25) is 0 Å². The van der Waals surface area contributed by atoms with Crippen LogP contribution in [0.15, 0.2) is 22.7 Å². The lowest BCUT2D eigenvalue weighted by Gasteiger charge is -2.32. The second kappa shape index (κ2) is 6.58. The molecule has 3 heteroatoms. The Morgan fingerprint density at radius 2 is 1.78 bits per heavy atom. The van der Waals surface area contributed by atoms with Gasteiger partial charge in [0, 0.05) is 17.1 Å². The summed E-state index contributed by atoms with van der Waals surface area (Å²) in [5, 5.41) is 9.60. The Morgan fingerprint density at radius 3 is 2.17 bits per heavy atom. The van der Waals surface area contributed by atoms with E-state index in [9.17, 15) is 5.11 Å². The molecule has 0 saturated heterocycles. The van der Waals surface area contributed by atoms with Crippen LogP contribution in [-0.2, 0) is 0 Å². The summed E-state index contributed by atoms with van der Waals surface area (Å²) in [4.78, 5) is 2.39. The van der Waals surface area contributed by atoms with Gasteiger partial charge in [-0.15, -0.1) is 0 Å². The molecule has 0 aromatic heterocycles. The Kier molecular flexibility index (Phi) is 5.67. The van der Waals surface area contributed by atoms with Crippen LogP contribution in [0.25, 0.3) is 0 Å². The van der Waals surface area contributed by atoms with Gasteiger partial charge in [-0.3, -0.25) is 0 Å². The molecule has 0 radical (unpaired) electrons. The molecule has 102 valence electrons. The second-order valence-electron chi connectivity index (χ2n) is 5.53. The van der Waals surface area contributed by atoms with Crippen LogP contribution in [0.1, 0.15) is 46.3 Å². The molecule has 1 rings (SSSR count). The number of benzene rings is 1. The molecule has 0 saturated carbocycles. The molecule has 18 heavy (non-hydrogen) atoms. The van der Waals surface area contributed by atoms with E-state index < -0.39 is 6.10 Å². The van der Waals surface area contributed by atoms with Gasteiger partial charge in [-0.25, -0.2) is 0 Å². The second-order valence-corrected chi connectivity index (χ2v) is 6.38. The first-order chi connectivity index (χ1) is 8.32. The van der Waals surface area contributed by atoms with E-state index in [1.54, 1.807) is 6.92 Å². The van der Waals surface area contributed by atoms with Crippen LogP contribution < -0.4 is 4.90 Å². The quantitative estimate of drug-likeness (QED) is 0.872. The van der Waals surface area contributed by atoms with Crippen molar-refractivity contribution in [3.05, 3.63) is 28.2 Å². The zero-order chi connectivity index (χ0) is 13.9. The topological polar surface area (TPSA) is 23.5 Å². The average molecular weight is 314 g/mol. The molecule has 0 fully saturated rings. The number of aliphatic hydroxyl groups is 1. The third kappa shape index (κ3) is 3.99. The van der Waals surface area contributed by atoms with E-state index in [0.29, 0.717) is 12.0 Å². The monoisotopic (exact) mass is 313 g/mol. The zero-order valence-electron chi connectivity index (χ0n) is 11.9. The first-order valence-corrected chi connectivity index (χ1v) is 7.36. The lowest BCUT2D eigenvalue weighted by molar-refractivity contribution is 0.199. The Bertz CT molecular complexity index is 388. The van der Waals surface area contributed by atoms with Crippen molar-refractivity contribution >= 4 is 21.6 Å². The van der Waals surface area contributed by atoms with E-state index in [-0.39, 0.29) is 0 Å².